The van der Waals surface area contributed by atoms with Gasteiger partial charge in [-0.2, -0.15) is 0 Å². The van der Waals surface area contributed by atoms with Gasteiger partial charge in [0.2, 0.25) is 0 Å². The summed E-state index contributed by atoms with van der Waals surface area (Å²) in [7, 11) is 0. The summed E-state index contributed by atoms with van der Waals surface area (Å²) in [5.74, 6) is -1.12. The Morgan fingerprint density at radius 1 is 0.759 bits per heavy atom. The highest BCUT2D eigenvalue weighted by Crippen LogP contribution is 2.29. The first-order valence-corrected chi connectivity index (χ1v) is 9.33. The van der Waals surface area contributed by atoms with E-state index in [0.29, 0.717) is 16.8 Å². The Hall–Kier alpha value is -3.73. The van der Waals surface area contributed by atoms with Crippen molar-refractivity contribution in [2.45, 2.75) is 20.8 Å². The molecule has 0 aliphatic carbocycles. The molecule has 4 rings (SSSR count). The van der Waals surface area contributed by atoms with E-state index >= 15 is 0 Å². The fourth-order valence-electron chi connectivity index (χ4n) is 3.38. The number of amides is 3. The Balaban J connectivity index is 1.64. The maximum atomic E-state index is 12.9. The summed E-state index contributed by atoms with van der Waals surface area (Å²) < 4.78 is 0. The van der Waals surface area contributed by atoms with Gasteiger partial charge in [-0.3, -0.25) is 14.4 Å². The molecule has 0 radical (unpaired) electrons. The van der Waals surface area contributed by atoms with Crippen LogP contribution in [0.15, 0.2) is 60.7 Å². The molecule has 1 N–H and O–H groups in total. The maximum Gasteiger partial charge on any atom is 0.266 e. The number of carbonyl (C=O) groups is 3. The molecule has 3 aromatic rings. The summed E-state index contributed by atoms with van der Waals surface area (Å²) in [6.45, 7) is 5.81. The molecule has 5 nitrogen and oxygen atoms in total. The van der Waals surface area contributed by atoms with E-state index in [4.69, 9.17) is 0 Å². The van der Waals surface area contributed by atoms with Crippen LogP contribution in [-0.2, 0) is 0 Å². The molecule has 144 valence electrons. The van der Waals surface area contributed by atoms with Gasteiger partial charge in [-0.25, -0.2) is 4.90 Å². The number of imide groups is 1. The van der Waals surface area contributed by atoms with Gasteiger partial charge in [0.05, 0.1) is 16.8 Å². The lowest BCUT2D eigenvalue weighted by atomic mass is 10.0. The van der Waals surface area contributed by atoms with Gasteiger partial charge >= 0.3 is 0 Å². The van der Waals surface area contributed by atoms with Crippen molar-refractivity contribution in [2.24, 2.45) is 0 Å². The Morgan fingerprint density at radius 2 is 1.41 bits per heavy atom. The molecule has 0 spiro atoms. The normalized spacial score (nSPS) is 12.9. The summed E-state index contributed by atoms with van der Waals surface area (Å²) in [6, 6.07) is 17.6. The van der Waals surface area contributed by atoms with Crippen LogP contribution in [0.3, 0.4) is 0 Å². The zero-order chi connectivity index (χ0) is 20.7. The molecule has 0 aromatic heterocycles. The number of nitrogens with zero attached hydrogens (tertiary/aromatic N) is 1. The van der Waals surface area contributed by atoms with E-state index in [2.05, 4.69) is 5.32 Å². The van der Waals surface area contributed by atoms with Crippen molar-refractivity contribution in [3.05, 3.63) is 94.0 Å². The van der Waals surface area contributed by atoms with Gasteiger partial charge in [-0.1, -0.05) is 29.8 Å². The molecular formula is C24H20N2O3. The van der Waals surface area contributed by atoms with E-state index in [1.54, 1.807) is 24.3 Å². The first-order valence-electron chi connectivity index (χ1n) is 9.33. The van der Waals surface area contributed by atoms with E-state index in [1.165, 1.54) is 6.07 Å². The van der Waals surface area contributed by atoms with Crippen LogP contribution >= 0.6 is 0 Å². The molecule has 0 unspecified atom stereocenters. The lowest BCUT2D eigenvalue weighted by Crippen LogP contribution is -2.29. The SMILES string of the molecule is Cc1ccc(N2C(=O)c3ccc(C(=O)Nc4cc(C)ccc4C)cc3C2=O)cc1. The average Bonchev–Trinajstić information content (AvgIpc) is 2.95. The Kier molecular flexibility index (Phi) is 4.51. The van der Waals surface area contributed by atoms with Crippen molar-refractivity contribution in [2.75, 3.05) is 10.2 Å². The van der Waals surface area contributed by atoms with Gasteiger partial charge in [0.1, 0.15) is 0 Å². The number of hydrogen-bond acceptors (Lipinski definition) is 3. The molecular weight excluding hydrogens is 364 g/mol. The molecule has 0 saturated heterocycles. The van der Waals surface area contributed by atoms with Crippen LogP contribution in [-0.4, -0.2) is 17.7 Å². The van der Waals surface area contributed by atoms with Gasteiger partial charge in [-0.15, -0.1) is 0 Å². The number of carbonyl (C=O) groups excluding carboxylic acids is 3. The molecule has 0 bridgehead atoms. The van der Waals surface area contributed by atoms with E-state index in [9.17, 15) is 14.4 Å². The third-order valence-corrected chi connectivity index (χ3v) is 5.08. The third-order valence-electron chi connectivity index (χ3n) is 5.08. The average molecular weight is 384 g/mol. The van der Waals surface area contributed by atoms with Crippen molar-refractivity contribution in [1.82, 2.24) is 0 Å². The first-order chi connectivity index (χ1) is 13.8. The van der Waals surface area contributed by atoms with Crippen molar-refractivity contribution in [3.8, 4) is 0 Å². The molecule has 5 heteroatoms. The summed E-state index contributed by atoms with van der Waals surface area (Å²) in [4.78, 5) is 39.5. The van der Waals surface area contributed by atoms with Crippen LogP contribution in [0.1, 0.15) is 47.8 Å². The van der Waals surface area contributed by atoms with E-state index in [-0.39, 0.29) is 17.4 Å². The minimum absolute atomic E-state index is 0.240. The minimum atomic E-state index is -0.421. The minimum Gasteiger partial charge on any atom is -0.322 e. The van der Waals surface area contributed by atoms with Crippen LogP contribution in [0.4, 0.5) is 11.4 Å². The largest absolute Gasteiger partial charge is 0.322 e. The van der Waals surface area contributed by atoms with Gasteiger partial charge in [0.15, 0.2) is 0 Å². The van der Waals surface area contributed by atoms with E-state index in [1.807, 2.05) is 51.1 Å². The molecule has 3 aromatic carbocycles. The molecule has 0 saturated carbocycles. The number of hydrogen-bond donors (Lipinski definition) is 1. The fourth-order valence-corrected chi connectivity index (χ4v) is 3.38. The van der Waals surface area contributed by atoms with E-state index in [0.717, 1.165) is 27.3 Å². The second-order valence-electron chi connectivity index (χ2n) is 7.31. The summed E-state index contributed by atoms with van der Waals surface area (Å²) in [5, 5.41) is 2.88. The van der Waals surface area contributed by atoms with Crippen molar-refractivity contribution >= 4 is 29.1 Å². The van der Waals surface area contributed by atoms with Crippen molar-refractivity contribution in [1.29, 1.82) is 0 Å². The summed E-state index contributed by atoms with van der Waals surface area (Å²) >= 11 is 0. The fraction of sp³-hybridized carbons (Fsp3) is 0.125. The van der Waals surface area contributed by atoms with Crippen LogP contribution in [0, 0.1) is 20.8 Å². The van der Waals surface area contributed by atoms with Crippen LogP contribution < -0.4 is 10.2 Å². The molecule has 1 heterocycles. The second-order valence-corrected chi connectivity index (χ2v) is 7.31. The number of anilines is 2. The van der Waals surface area contributed by atoms with Gasteiger partial charge in [0, 0.05) is 11.3 Å². The van der Waals surface area contributed by atoms with Crippen LogP contribution in [0.5, 0.6) is 0 Å². The summed E-state index contributed by atoms with van der Waals surface area (Å²) in [6.07, 6.45) is 0. The highest BCUT2D eigenvalue weighted by Gasteiger charge is 2.37. The lowest BCUT2D eigenvalue weighted by molar-refractivity contribution is 0.0925. The number of rotatable bonds is 3. The van der Waals surface area contributed by atoms with E-state index < -0.39 is 5.91 Å². The molecule has 1 aliphatic rings. The number of benzene rings is 3. The number of fused-ring (bicyclic) bond motifs is 1. The third kappa shape index (κ3) is 3.31. The zero-order valence-electron chi connectivity index (χ0n) is 16.4. The second kappa shape index (κ2) is 7.02. The van der Waals surface area contributed by atoms with Crippen LogP contribution in [0.2, 0.25) is 0 Å². The molecule has 0 fully saturated rings. The highest BCUT2D eigenvalue weighted by molar-refractivity contribution is 6.34. The lowest BCUT2D eigenvalue weighted by Gasteiger charge is -2.13. The Labute approximate surface area is 169 Å². The highest BCUT2D eigenvalue weighted by atomic mass is 16.2. The zero-order valence-corrected chi connectivity index (χ0v) is 16.4. The van der Waals surface area contributed by atoms with Gasteiger partial charge in [0.25, 0.3) is 17.7 Å². The Bertz CT molecular complexity index is 1160. The molecule has 29 heavy (non-hydrogen) atoms. The quantitative estimate of drug-likeness (QED) is 0.668. The number of nitrogens with one attached hydrogen (secondary N) is 1. The number of aryl methyl sites for hydroxylation is 3. The smallest absolute Gasteiger partial charge is 0.266 e. The van der Waals surface area contributed by atoms with Crippen molar-refractivity contribution in [3.63, 3.8) is 0 Å². The molecule has 0 atom stereocenters. The predicted octanol–water partition coefficient (Wildman–Crippen LogP) is 4.66. The summed E-state index contributed by atoms with van der Waals surface area (Å²) in [5.41, 5.74) is 5.13. The standard InChI is InChI=1S/C24H20N2O3/c1-14-5-9-18(10-6-14)26-23(28)19-11-8-17(13-20(19)24(26)29)22(27)25-21-12-15(2)4-7-16(21)3/h4-13H,1-3H3,(H,25,27). The maximum absolute atomic E-state index is 12.9. The van der Waals surface area contributed by atoms with Gasteiger partial charge in [-0.05, 0) is 68.3 Å². The monoisotopic (exact) mass is 384 g/mol. The molecule has 3 amide bonds. The first kappa shape index (κ1) is 18.6. The topological polar surface area (TPSA) is 66.5 Å². The predicted molar refractivity (Wildman–Crippen MR) is 113 cm³/mol. The van der Waals surface area contributed by atoms with Crippen molar-refractivity contribution < 1.29 is 14.4 Å². The van der Waals surface area contributed by atoms with Crippen LogP contribution in [0.25, 0.3) is 0 Å². The van der Waals surface area contributed by atoms with Gasteiger partial charge < -0.3 is 5.32 Å². The Morgan fingerprint density at radius 3 is 2.14 bits per heavy atom. The molecule has 1 aliphatic heterocycles.